The van der Waals surface area contributed by atoms with E-state index in [9.17, 15) is 5.11 Å². The van der Waals surface area contributed by atoms with Crippen LogP contribution in [0.5, 0.6) is 0 Å². The average Bonchev–Trinajstić information content (AvgIpc) is 2.93. The number of nitrogens with zero attached hydrogens (tertiary/aromatic N) is 1. The summed E-state index contributed by atoms with van der Waals surface area (Å²) in [5.41, 5.74) is 5.74. The van der Waals surface area contributed by atoms with Crippen LogP contribution in [-0.2, 0) is 6.42 Å². The van der Waals surface area contributed by atoms with Gasteiger partial charge in [-0.25, -0.2) is 0 Å². The standard InChI is InChI=1S/C19H22N2O/c1-2-11-9-21-17-8-14-12-5-3-4-6-16(12)20-19(14)18(21)7-13(11)15(17)10-22/h2-6,13,15,17-18,20,22H,7-10H2,1H3/t13-,15+,17+,18-/m0/s1. The average molecular weight is 294 g/mol. The molecule has 0 saturated carbocycles. The fourth-order valence-corrected chi connectivity index (χ4v) is 5.32. The van der Waals surface area contributed by atoms with Gasteiger partial charge in [0.25, 0.3) is 0 Å². The van der Waals surface area contributed by atoms with E-state index in [2.05, 4.69) is 47.1 Å². The monoisotopic (exact) mass is 294 g/mol. The molecule has 3 fully saturated rings. The van der Waals surface area contributed by atoms with Gasteiger partial charge in [-0.05, 0) is 37.3 Å². The summed E-state index contributed by atoms with van der Waals surface area (Å²) in [4.78, 5) is 6.35. The lowest BCUT2D eigenvalue weighted by Crippen LogP contribution is -2.60. The van der Waals surface area contributed by atoms with Gasteiger partial charge in [0.15, 0.2) is 0 Å². The Balaban J connectivity index is 1.69. The summed E-state index contributed by atoms with van der Waals surface area (Å²) >= 11 is 0. The van der Waals surface area contributed by atoms with Gasteiger partial charge >= 0.3 is 0 Å². The Morgan fingerprint density at radius 1 is 1.36 bits per heavy atom. The lowest BCUT2D eigenvalue weighted by molar-refractivity contribution is -0.0503. The van der Waals surface area contributed by atoms with E-state index >= 15 is 0 Å². The zero-order valence-corrected chi connectivity index (χ0v) is 12.9. The molecule has 2 aromatic rings. The van der Waals surface area contributed by atoms with Crippen LogP contribution in [0.3, 0.4) is 0 Å². The van der Waals surface area contributed by atoms with Crippen molar-refractivity contribution in [3.8, 4) is 0 Å². The summed E-state index contributed by atoms with van der Waals surface area (Å²) < 4.78 is 0. The largest absolute Gasteiger partial charge is 0.396 e. The number of aliphatic hydroxyl groups is 1. The summed E-state index contributed by atoms with van der Waals surface area (Å²) in [5, 5.41) is 11.4. The summed E-state index contributed by atoms with van der Waals surface area (Å²) in [6.45, 7) is 3.55. The van der Waals surface area contributed by atoms with Gasteiger partial charge in [-0.1, -0.05) is 29.8 Å². The SMILES string of the molecule is CC=C1CN2[C@@H]3Cc4c([nH]c5ccccc45)[C@@H]2C[C@@H]1[C@H]3CO. The van der Waals surface area contributed by atoms with Crippen LogP contribution in [0.4, 0.5) is 0 Å². The number of para-hydroxylation sites is 1. The fraction of sp³-hybridized carbons (Fsp3) is 0.474. The lowest BCUT2D eigenvalue weighted by Gasteiger charge is -2.58. The van der Waals surface area contributed by atoms with E-state index in [1.165, 1.54) is 27.7 Å². The number of hydrogen-bond acceptors (Lipinski definition) is 2. The maximum absolute atomic E-state index is 9.99. The molecule has 5 atom stereocenters. The highest BCUT2D eigenvalue weighted by Gasteiger charge is 2.52. The van der Waals surface area contributed by atoms with Gasteiger partial charge in [-0.2, -0.15) is 0 Å². The molecule has 1 aromatic heterocycles. The number of piperidine rings is 3. The maximum atomic E-state index is 9.99. The van der Waals surface area contributed by atoms with Crippen molar-refractivity contribution in [3.63, 3.8) is 0 Å². The van der Waals surface area contributed by atoms with Crippen LogP contribution in [0.2, 0.25) is 0 Å². The van der Waals surface area contributed by atoms with E-state index in [0.29, 0.717) is 30.5 Å². The molecule has 0 radical (unpaired) electrons. The lowest BCUT2D eigenvalue weighted by atomic mass is 9.64. The van der Waals surface area contributed by atoms with E-state index < -0.39 is 0 Å². The number of rotatable bonds is 1. The highest BCUT2D eigenvalue weighted by atomic mass is 16.3. The van der Waals surface area contributed by atoms with Crippen LogP contribution in [0.1, 0.15) is 30.6 Å². The number of aromatic amines is 1. The first-order valence-electron chi connectivity index (χ1n) is 8.43. The third kappa shape index (κ3) is 1.48. The molecule has 22 heavy (non-hydrogen) atoms. The Hall–Kier alpha value is -1.58. The minimum Gasteiger partial charge on any atom is -0.396 e. The van der Waals surface area contributed by atoms with E-state index in [4.69, 9.17) is 0 Å². The number of fused-ring (bicyclic) bond motifs is 4. The molecule has 0 spiro atoms. The van der Waals surface area contributed by atoms with Crippen molar-refractivity contribution >= 4 is 10.9 Å². The number of H-pyrrole nitrogens is 1. The molecule has 114 valence electrons. The quantitative estimate of drug-likeness (QED) is 0.794. The number of aliphatic hydroxyl groups excluding tert-OH is 1. The topological polar surface area (TPSA) is 39.3 Å². The van der Waals surface area contributed by atoms with Gasteiger partial charge in [-0.15, -0.1) is 0 Å². The highest BCUT2D eigenvalue weighted by Crippen LogP contribution is 2.53. The normalized spacial score (nSPS) is 37.7. The van der Waals surface area contributed by atoms with Gasteiger partial charge in [0, 0.05) is 41.7 Å². The molecule has 6 rings (SSSR count). The summed E-state index contributed by atoms with van der Waals surface area (Å²) in [7, 11) is 0. The van der Waals surface area contributed by atoms with Crippen LogP contribution in [-0.4, -0.2) is 34.2 Å². The molecule has 0 aliphatic carbocycles. The van der Waals surface area contributed by atoms with Crippen LogP contribution in [0.15, 0.2) is 35.9 Å². The number of allylic oxidation sites excluding steroid dienone is 1. The van der Waals surface area contributed by atoms with Gasteiger partial charge in [0.2, 0.25) is 0 Å². The second kappa shape index (κ2) is 4.46. The Morgan fingerprint density at radius 3 is 3.05 bits per heavy atom. The molecule has 3 heteroatoms. The molecule has 5 heterocycles. The highest BCUT2D eigenvalue weighted by molar-refractivity contribution is 5.85. The zero-order valence-electron chi connectivity index (χ0n) is 12.9. The number of hydrogen-bond donors (Lipinski definition) is 2. The van der Waals surface area contributed by atoms with Crippen molar-refractivity contribution in [2.75, 3.05) is 13.2 Å². The Bertz CT molecular complexity index is 775. The molecular formula is C19H22N2O. The van der Waals surface area contributed by atoms with Gasteiger partial charge in [0.1, 0.15) is 0 Å². The second-order valence-corrected chi connectivity index (χ2v) is 7.07. The molecule has 3 saturated heterocycles. The second-order valence-electron chi connectivity index (χ2n) is 7.07. The van der Waals surface area contributed by atoms with Crippen LogP contribution in [0, 0.1) is 11.8 Å². The minimum atomic E-state index is 0.313. The minimum absolute atomic E-state index is 0.313. The van der Waals surface area contributed by atoms with Crippen LogP contribution < -0.4 is 0 Å². The van der Waals surface area contributed by atoms with E-state index in [1.807, 2.05) is 0 Å². The third-order valence-electron chi connectivity index (χ3n) is 6.33. The number of benzene rings is 1. The predicted octanol–water partition coefficient (Wildman–Crippen LogP) is 3.02. The third-order valence-corrected chi connectivity index (χ3v) is 6.33. The van der Waals surface area contributed by atoms with Gasteiger partial charge < -0.3 is 10.1 Å². The van der Waals surface area contributed by atoms with Crippen LogP contribution in [0.25, 0.3) is 10.9 Å². The van der Waals surface area contributed by atoms with Crippen molar-refractivity contribution < 1.29 is 5.11 Å². The van der Waals surface area contributed by atoms with Crippen molar-refractivity contribution in [2.24, 2.45) is 11.8 Å². The van der Waals surface area contributed by atoms with Crippen molar-refractivity contribution in [3.05, 3.63) is 47.2 Å². The van der Waals surface area contributed by atoms with Gasteiger partial charge in [-0.3, -0.25) is 4.90 Å². The molecule has 4 aliphatic heterocycles. The smallest absolute Gasteiger partial charge is 0.0514 e. The van der Waals surface area contributed by atoms with Gasteiger partial charge in [0.05, 0.1) is 6.04 Å². The first-order valence-corrected chi connectivity index (χ1v) is 8.43. The Kier molecular flexibility index (Phi) is 2.62. The number of nitrogens with one attached hydrogen (secondary N) is 1. The zero-order chi connectivity index (χ0) is 14.8. The van der Waals surface area contributed by atoms with Crippen molar-refractivity contribution in [2.45, 2.75) is 31.8 Å². The Labute approximate surface area is 130 Å². The molecule has 3 nitrogen and oxygen atoms in total. The molecule has 1 unspecified atom stereocenters. The fourth-order valence-electron chi connectivity index (χ4n) is 5.32. The van der Waals surface area contributed by atoms with Crippen LogP contribution >= 0.6 is 0 Å². The first kappa shape index (κ1) is 12.9. The molecule has 2 N–H and O–H groups in total. The molecule has 4 bridgehead atoms. The summed E-state index contributed by atoms with van der Waals surface area (Å²) in [6, 6.07) is 9.68. The maximum Gasteiger partial charge on any atom is 0.0514 e. The first-order chi connectivity index (χ1) is 10.8. The predicted molar refractivity (Wildman–Crippen MR) is 87.7 cm³/mol. The number of aromatic nitrogens is 1. The Morgan fingerprint density at radius 2 is 2.23 bits per heavy atom. The molecular weight excluding hydrogens is 272 g/mol. The van der Waals surface area contributed by atoms with Crippen molar-refractivity contribution in [1.29, 1.82) is 0 Å². The molecule has 0 amide bonds. The van der Waals surface area contributed by atoms with Crippen molar-refractivity contribution in [1.82, 2.24) is 9.88 Å². The molecule has 4 aliphatic rings. The van der Waals surface area contributed by atoms with E-state index in [0.717, 1.165) is 19.4 Å². The summed E-state index contributed by atoms with van der Waals surface area (Å²) in [5.74, 6) is 0.965. The molecule has 1 aromatic carbocycles. The summed E-state index contributed by atoms with van der Waals surface area (Å²) in [6.07, 6.45) is 4.51. The van der Waals surface area contributed by atoms with E-state index in [-0.39, 0.29) is 0 Å². The van der Waals surface area contributed by atoms with E-state index in [1.54, 1.807) is 0 Å².